The van der Waals surface area contributed by atoms with Crippen molar-refractivity contribution < 1.29 is 62.2 Å². The van der Waals surface area contributed by atoms with Gasteiger partial charge in [0.2, 0.25) is 0 Å². The average Bonchev–Trinajstić information content (AvgIpc) is 3.02. The van der Waals surface area contributed by atoms with Gasteiger partial charge in [-0.3, -0.25) is 23.4 Å². The quantitative estimate of drug-likeness (QED) is 0.144. The van der Waals surface area contributed by atoms with Crippen LogP contribution in [0, 0.1) is 0 Å². The number of phosphoric ester groups is 2. The smallest absolute Gasteiger partial charge is 0.389 e. The molecule has 0 aromatic carbocycles. The molecule has 0 radical (unpaired) electrons. The monoisotopic (exact) mass is 549 g/mol. The molecule has 9 N–H and O–H groups in total. The highest BCUT2D eigenvalue weighted by molar-refractivity contribution is 7.61. The SMILES string of the molecule is CC1O[C@@H](OP(=O)(O)OP(=O)(O)OC[C@H]2O[C@@H](n3ccc(=O)[nH]c3=O)C(O)[C@H]2O)C(O)[C@@H](N)[C@H]1O. The fourth-order valence-electron chi connectivity index (χ4n) is 3.35. The Kier molecular flexibility index (Phi) is 8.52. The van der Waals surface area contributed by atoms with Gasteiger partial charge in [0.15, 0.2) is 12.5 Å². The number of nitrogens with zero attached hydrogens (tertiary/aromatic N) is 1. The van der Waals surface area contributed by atoms with Gasteiger partial charge in [-0.2, -0.15) is 4.31 Å². The minimum Gasteiger partial charge on any atom is -0.389 e. The molecule has 3 rings (SSSR count). The van der Waals surface area contributed by atoms with Crippen LogP contribution in [-0.4, -0.2) is 95.3 Å². The Balaban J connectivity index is 1.61. The highest BCUT2D eigenvalue weighted by Gasteiger charge is 2.48. The number of H-pyrrole nitrogens is 1. The number of phosphoric acid groups is 2. The first-order valence-corrected chi connectivity index (χ1v) is 12.9. The normalized spacial score (nSPS) is 39.1. The topological polar surface area (TPSA) is 283 Å². The molecule has 35 heavy (non-hydrogen) atoms. The van der Waals surface area contributed by atoms with Gasteiger partial charge in [0, 0.05) is 12.3 Å². The summed E-state index contributed by atoms with van der Waals surface area (Å²) >= 11 is 0. The summed E-state index contributed by atoms with van der Waals surface area (Å²) in [5, 5.41) is 39.9. The van der Waals surface area contributed by atoms with Crippen molar-refractivity contribution in [2.24, 2.45) is 5.73 Å². The van der Waals surface area contributed by atoms with Gasteiger partial charge in [-0.05, 0) is 6.92 Å². The zero-order valence-corrected chi connectivity index (χ0v) is 19.6. The van der Waals surface area contributed by atoms with Crippen molar-refractivity contribution in [2.45, 2.75) is 62.1 Å². The van der Waals surface area contributed by atoms with Gasteiger partial charge in [0.25, 0.3) is 5.56 Å². The number of aromatic nitrogens is 2. The summed E-state index contributed by atoms with van der Waals surface area (Å²) in [6.45, 7) is 0.350. The molecule has 0 aliphatic carbocycles. The lowest BCUT2D eigenvalue weighted by molar-refractivity contribution is -0.240. The summed E-state index contributed by atoms with van der Waals surface area (Å²) in [4.78, 5) is 44.6. The van der Waals surface area contributed by atoms with Crippen molar-refractivity contribution >= 4 is 15.6 Å². The second-order valence-corrected chi connectivity index (χ2v) is 10.7. The maximum absolute atomic E-state index is 12.2. The third-order valence-corrected chi connectivity index (χ3v) is 7.81. The van der Waals surface area contributed by atoms with Gasteiger partial charge >= 0.3 is 21.3 Å². The summed E-state index contributed by atoms with van der Waals surface area (Å²) in [6.07, 6.45) is -11.6. The van der Waals surface area contributed by atoms with Crippen LogP contribution in [0.4, 0.5) is 0 Å². The Morgan fingerprint density at radius 2 is 1.71 bits per heavy atom. The third kappa shape index (κ3) is 6.51. The number of nitrogens with two attached hydrogens (primary N) is 1. The largest absolute Gasteiger partial charge is 0.483 e. The van der Waals surface area contributed by atoms with Crippen LogP contribution in [-0.2, 0) is 32.0 Å². The highest BCUT2D eigenvalue weighted by atomic mass is 31.3. The number of hydrogen-bond acceptors (Lipinski definition) is 14. The van der Waals surface area contributed by atoms with Crippen molar-refractivity contribution in [3.63, 3.8) is 0 Å². The van der Waals surface area contributed by atoms with Crippen molar-refractivity contribution in [3.05, 3.63) is 33.1 Å². The maximum atomic E-state index is 12.2. The van der Waals surface area contributed by atoms with Gasteiger partial charge in [-0.1, -0.05) is 0 Å². The molecule has 3 heterocycles. The van der Waals surface area contributed by atoms with Crippen molar-refractivity contribution in [3.8, 4) is 0 Å². The van der Waals surface area contributed by atoms with Gasteiger partial charge < -0.3 is 45.4 Å². The Bertz CT molecular complexity index is 1110. The van der Waals surface area contributed by atoms with Crippen LogP contribution < -0.4 is 17.0 Å². The second-order valence-electron chi connectivity index (χ2n) is 7.75. The molecular formula is C15H25N3O15P2. The van der Waals surface area contributed by atoms with Crippen LogP contribution in [0.2, 0.25) is 0 Å². The van der Waals surface area contributed by atoms with E-state index < -0.39 is 88.7 Å². The number of aromatic amines is 1. The minimum atomic E-state index is -5.44. The minimum absolute atomic E-state index is 0.730. The Labute approximate surface area is 195 Å². The predicted molar refractivity (Wildman–Crippen MR) is 109 cm³/mol. The van der Waals surface area contributed by atoms with Crippen LogP contribution in [0.1, 0.15) is 13.2 Å². The molecule has 0 bridgehead atoms. The fraction of sp³-hybridized carbons (Fsp3) is 0.733. The molecule has 2 aliphatic rings. The molecule has 20 heteroatoms. The van der Waals surface area contributed by atoms with E-state index in [1.165, 1.54) is 6.92 Å². The molecule has 0 spiro atoms. The zero-order valence-electron chi connectivity index (χ0n) is 17.8. The van der Waals surface area contributed by atoms with Crippen molar-refractivity contribution in [2.75, 3.05) is 6.61 Å². The molecule has 0 amide bonds. The van der Waals surface area contributed by atoms with E-state index in [0.717, 1.165) is 16.8 Å². The number of aliphatic hydroxyl groups is 4. The maximum Gasteiger partial charge on any atom is 0.483 e. The lowest BCUT2D eigenvalue weighted by Crippen LogP contribution is -2.60. The van der Waals surface area contributed by atoms with E-state index in [-0.39, 0.29) is 0 Å². The van der Waals surface area contributed by atoms with E-state index in [0.29, 0.717) is 0 Å². The standard InChI is InChI=1S/C15H25N3O15P2/c1-5-9(20)8(16)11(22)14(30-5)32-35(27,28)33-34(25,26)29-4-6-10(21)12(23)13(31-6)18-3-2-7(19)17-15(18)24/h2-3,5-6,8-14,20-23H,4,16H2,1H3,(H,25,26)(H,27,28)(H,17,19,24)/t5?,6-,8+,9+,10+,11?,12?,13-,14+/m1/s1. The first kappa shape index (κ1) is 28.2. The molecule has 18 nitrogen and oxygen atoms in total. The van der Waals surface area contributed by atoms with E-state index in [1.54, 1.807) is 0 Å². The predicted octanol–water partition coefficient (Wildman–Crippen LogP) is -3.80. The summed E-state index contributed by atoms with van der Waals surface area (Å²) in [7, 11) is -10.8. The molecule has 200 valence electrons. The van der Waals surface area contributed by atoms with E-state index >= 15 is 0 Å². The lowest BCUT2D eigenvalue weighted by atomic mass is 9.98. The summed E-state index contributed by atoms with van der Waals surface area (Å²) in [5.74, 6) is 0. The summed E-state index contributed by atoms with van der Waals surface area (Å²) in [5.41, 5.74) is 3.86. The zero-order chi connectivity index (χ0) is 26.3. The summed E-state index contributed by atoms with van der Waals surface area (Å²) < 4.78 is 48.6. The Morgan fingerprint density at radius 3 is 2.34 bits per heavy atom. The molecule has 1 aromatic rings. The molecule has 2 fully saturated rings. The number of ether oxygens (including phenoxy) is 2. The van der Waals surface area contributed by atoms with Crippen molar-refractivity contribution in [1.82, 2.24) is 9.55 Å². The van der Waals surface area contributed by atoms with E-state index in [9.17, 15) is 48.9 Å². The van der Waals surface area contributed by atoms with Crippen molar-refractivity contribution in [1.29, 1.82) is 0 Å². The third-order valence-electron chi connectivity index (χ3n) is 5.21. The van der Waals surface area contributed by atoms with Gasteiger partial charge in [-0.25, -0.2) is 13.9 Å². The number of aliphatic hydroxyl groups excluding tert-OH is 4. The van der Waals surface area contributed by atoms with Crippen LogP contribution in [0.25, 0.3) is 0 Å². The average molecular weight is 549 g/mol. The van der Waals surface area contributed by atoms with E-state index in [1.807, 2.05) is 4.98 Å². The Hall–Kier alpha value is -1.34. The molecule has 0 saturated carbocycles. The first-order chi connectivity index (χ1) is 16.1. The lowest BCUT2D eigenvalue weighted by Gasteiger charge is -2.39. The summed E-state index contributed by atoms with van der Waals surface area (Å²) in [6, 6.07) is -0.389. The molecule has 5 unspecified atom stereocenters. The first-order valence-electron chi connectivity index (χ1n) is 9.92. The molecule has 2 saturated heterocycles. The van der Waals surface area contributed by atoms with E-state index in [4.69, 9.17) is 15.2 Å². The molecular weight excluding hydrogens is 524 g/mol. The number of hydrogen-bond donors (Lipinski definition) is 8. The van der Waals surface area contributed by atoms with E-state index in [2.05, 4.69) is 13.4 Å². The Morgan fingerprint density at radius 1 is 1.06 bits per heavy atom. The van der Waals surface area contributed by atoms with Crippen LogP contribution in [0.3, 0.4) is 0 Å². The fourth-order valence-corrected chi connectivity index (χ4v) is 5.51. The molecule has 1 aromatic heterocycles. The molecule has 2 aliphatic heterocycles. The van der Waals surface area contributed by atoms with Gasteiger partial charge in [0.1, 0.15) is 24.4 Å². The highest BCUT2D eigenvalue weighted by Crippen LogP contribution is 2.61. The van der Waals surface area contributed by atoms with Gasteiger partial charge in [-0.15, -0.1) is 0 Å². The number of rotatable bonds is 8. The van der Waals surface area contributed by atoms with Crippen LogP contribution in [0.5, 0.6) is 0 Å². The second kappa shape index (κ2) is 10.6. The van der Waals surface area contributed by atoms with Gasteiger partial charge in [0.05, 0.1) is 24.9 Å². The molecule has 11 atom stereocenters. The van der Waals surface area contributed by atoms with Crippen LogP contribution in [0.15, 0.2) is 21.9 Å². The van der Waals surface area contributed by atoms with Crippen LogP contribution >= 0.6 is 15.6 Å². The number of nitrogens with one attached hydrogen (secondary N) is 1.